The van der Waals surface area contributed by atoms with Crippen LogP contribution in [0.15, 0.2) is 42.5 Å². The second-order valence-electron chi connectivity index (χ2n) is 4.11. The largest absolute Gasteiger partial charge is 0.294 e. The number of para-hydroxylation sites is 1. The molecule has 4 nitrogen and oxygen atoms in total. The number of hydrogen-bond acceptors (Lipinski definition) is 3. The van der Waals surface area contributed by atoms with Gasteiger partial charge < -0.3 is 0 Å². The number of carbonyl (C=O) groups excluding carboxylic acids is 1. The molecule has 20 heavy (non-hydrogen) atoms. The summed E-state index contributed by atoms with van der Waals surface area (Å²) in [5.74, 6) is -1.10. The Morgan fingerprint density at radius 3 is 2.60 bits per heavy atom. The summed E-state index contributed by atoms with van der Waals surface area (Å²) >= 11 is 5.54. The lowest BCUT2D eigenvalue weighted by atomic mass is 10.0. The molecule has 0 N–H and O–H groups in total. The van der Waals surface area contributed by atoms with Crippen LogP contribution in [0.25, 0.3) is 0 Å². The topological polar surface area (TPSA) is 60.2 Å². The molecule has 0 aliphatic carbocycles. The van der Waals surface area contributed by atoms with Crippen molar-refractivity contribution in [2.75, 3.05) is 0 Å². The van der Waals surface area contributed by atoms with Crippen LogP contribution in [-0.4, -0.2) is 10.7 Å². The van der Waals surface area contributed by atoms with Crippen LogP contribution >= 0.6 is 11.6 Å². The summed E-state index contributed by atoms with van der Waals surface area (Å²) in [6.07, 6.45) is -0.168. The number of nitrogens with zero attached hydrogens (tertiary/aromatic N) is 1. The number of ketones is 1. The third kappa shape index (κ3) is 3.00. The Balaban J connectivity index is 2.28. The number of hydrogen-bond donors (Lipinski definition) is 0. The molecule has 0 aliphatic rings. The van der Waals surface area contributed by atoms with E-state index in [9.17, 15) is 19.3 Å². The Hall–Kier alpha value is -2.27. The van der Waals surface area contributed by atoms with Crippen molar-refractivity contribution >= 4 is 23.1 Å². The van der Waals surface area contributed by atoms with Crippen molar-refractivity contribution in [3.05, 3.63) is 74.5 Å². The Kier molecular flexibility index (Phi) is 4.10. The molecular weight excluding hydrogens is 285 g/mol. The van der Waals surface area contributed by atoms with Gasteiger partial charge in [0, 0.05) is 23.6 Å². The first-order valence-corrected chi connectivity index (χ1v) is 6.07. The molecule has 6 heteroatoms. The Morgan fingerprint density at radius 1 is 1.25 bits per heavy atom. The summed E-state index contributed by atoms with van der Waals surface area (Å²) in [4.78, 5) is 22.3. The predicted octanol–water partition coefficient (Wildman–Crippen LogP) is 3.81. The van der Waals surface area contributed by atoms with Crippen molar-refractivity contribution in [3.63, 3.8) is 0 Å². The van der Waals surface area contributed by atoms with E-state index in [4.69, 9.17) is 11.6 Å². The van der Waals surface area contributed by atoms with E-state index in [2.05, 4.69) is 0 Å². The van der Waals surface area contributed by atoms with Gasteiger partial charge in [0.1, 0.15) is 5.82 Å². The van der Waals surface area contributed by atoms with Gasteiger partial charge in [0.25, 0.3) is 5.69 Å². The lowest BCUT2D eigenvalue weighted by molar-refractivity contribution is -0.385. The van der Waals surface area contributed by atoms with Crippen LogP contribution in [0.2, 0.25) is 5.02 Å². The summed E-state index contributed by atoms with van der Waals surface area (Å²) in [5, 5.41) is 10.8. The number of nitro groups is 1. The van der Waals surface area contributed by atoms with Gasteiger partial charge in [0.2, 0.25) is 0 Å². The summed E-state index contributed by atoms with van der Waals surface area (Å²) in [6, 6.07) is 9.66. The third-order valence-electron chi connectivity index (χ3n) is 2.78. The van der Waals surface area contributed by atoms with E-state index in [0.29, 0.717) is 0 Å². The molecule has 0 radical (unpaired) electrons. The highest BCUT2D eigenvalue weighted by atomic mass is 35.5. The van der Waals surface area contributed by atoms with Gasteiger partial charge in [-0.3, -0.25) is 14.9 Å². The number of nitro benzene ring substituents is 1. The molecule has 0 spiro atoms. The van der Waals surface area contributed by atoms with Gasteiger partial charge in [-0.1, -0.05) is 29.8 Å². The highest BCUT2D eigenvalue weighted by molar-refractivity contribution is 6.30. The number of halogens is 2. The van der Waals surface area contributed by atoms with Gasteiger partial charge in [0.05, 0.1) is 9.95 Å². The van der Waals surface area contributed by atoms with E-state index in [-0.39, 0.29) is 28.3 Å². The highest BCUT2D eigenvalue weighted by Gasteiger charge is 2.17. The van der Waals surface area contributed by atoms with Crippen LogP contribution in [0.1, 0.15) is 15.9 Å². The predicted molar refractivity (Wildman–Crippen MR) is 72.5 cm³/mol. The molecular formula is C14H9ClFNO3. The lowest BCUT2D eigenvalue weighted by Gasteiger charge is -2.03. The van der Waals surface area contributed by atoms with E-state index >= 15 is 0 Å². The lowest BCUT2D eigenvalue weighted by Crippen LogP contribution is -2.06. The van der Waals surface area contributed by atoms with Crippen LogP contribution in [-0.2, 0) is 6.42 Å². The first-order chi connectivity index (χ1) is 9.49. The molecule has 0 saturated carbocycles. The smallest absolute Gasteiger partial charge is 0.273 e. The van der Waals surface area contributed by atoms with Gasteiger partial charge >= 0.3 is 0 Å². The van der Waals surface area contributed by atoms with Gasteiger partial charge in [-0.25, -0.2) is 4.39 Å². The average molecular weight is 294 g/mol. The van der Waals surface area contributed by atoms with Gasteiger partial charge in [-0.2, -0.15) is 0 Å². The summed E-state index contributed by atoms with van der Waals surface area (Å²) in [7, 11) is 0. The highest BCUT2D eigenvalue weighted by Crippen LogP contribution is 2.21. The summed E-state index contributed by atoms with van der Waals surface area (Å²) in [6.45, 7) is 0. The first kappa shape index (κ1) is 14.1. The van der Waals surface area contributed by atoms with Crippen molar-refractivity contribution in [3.8, 4) is 0 Å². The molecule has 2 aromatic rings. The van der Waals surface area contributed by atoms with E-state index < -0.39 is 16.5 Å². The standard InChI is InChI=1S/C14H9ClFNO3/c15-11-6-5-10(7-12(11)16)14(18)8-9-3-1-2-4-13(9)17(19)20/h1-7H,8H2. The zero-order valence-electron chi connectivity index (χ0n) is 10.2. The zero-order valence-corrected chi connectivity index (χ0v) is 10.9. The van der Waals surface area contributed by atoms with Crippen LogP contribution < -0.4 is 0 Å². The normalized spacial score (nSPS) is 10.3. The van der Waals surface area contributed by atoms with Crippen LogP contribution in [0.5, 0.6) is 0 Å². The Morgan fingerprint density at radius 2 is 1.95 bits per heavy atom. The summed E-state index contributed by atoms with van der Waals surface area (Å²) < 4.78 is 13.3. The van der Waals surface area contributed by atoms with Gasteiger partial charge in [-0.05, 0) is 18.2 Å². The van der Waals surface area contributed by atoms with Crippen molar-refractivity contribution in [1.82, 2.24) is 0 Å². The average Bonchev–Trinajstić information content (AvgIpc) is 2.42. The molecule has 0 atom stereocenters. The molecule has 0 aromatic heterocycles. The SMILES string of the molecule is O=C(Cc1ccccc1[N+](=O)[O-])c1ccc(Cl)c(F)c1. The van der Waals surface area contributed by atoms with Gasteiger partial charge in [0.15, 0.2) is 5.78 Å². The van der Waals surface area contributed by atoms with Crippen molar-refractivity contribution in [1.29, 1.82) is 0 Å². The number of rotatable bonds is 4. The second kappa shape index (κ2) is 5.79. The minimum Gasteiger partial charge on any atom is -0.294 e. The Bertz CT molecular complexity index is 688. The molecule has 0 heterocycles. The molecule has 0 aliphatic heterocycles. The number of carbonyl (C=O) groups is 1. The number of benzene rings is 2. The van der Waals surface area contributed by atoms with Crippen LogP contribution in [0, 0.1) is 15.9 Å². The van der Waals surface area contributed by atoms with Crippen LogP contribution in [0.3, 0.4) is 0 Å². The Labute approximate surface area is 119 Å². The maximum Gasteiger partial charge on any atom is 0.273 e. The van der Waals surface area contributed by atoms with E-state index in [1.165, 1.54) is 30.3 Å². The maximum absolute atomic E-state index is 13.3. The number of Topliss-reactive ketones (excluding diaryl/α,β-unsaturated/α-hetero) is 1. The summed E-state index contributed by atoms with van der Waals surface area (Å²) in [5.41, 5.74) is 0.290. The zero-order chi connectivity index (χ0) is 14.7. The van der Waals surface area contributed by atoms with Crippen molar-refractivity contribution < 1.29 is 14.1 Å². The third-order valence-corrected chi connectivity index (χ3v) is 3.09. The molecule has 0 amide bonds. The van der Waals surface area contributed by atoms with Crippen molar-refractivity contribution in [2.45, 2.75) is 6.42 Å². The molecule has 0 fully saturated rings. The molecule has 102 valence electrons. The second-order valence-corrected chi connectivity index (χ2v) is 4.52. The monoisotopic (exact) mass is 293 g/mol. The van der Waals surface area contributed by atoms with E-state index in [1.807, 2.05) is 0 Å². The maximum atomic E-state index is 13.3. The van der Waals surface area contributed by atoms with Crippen molar-refractivity contribution in [2.24, 2.45) is 0 Å². The van der Waals surface area contributed by atoms with E-state index in [0.717, 1.165) is 6.07 Å². The molecule has 2 aromatic carbocycles. The fourth-order valence-electron chi connectivity index (χ4n) is 1.78. The fourth-order valence-corrected chi connectivity index (χ4v) is 1.90. The molecule has 0 bridgehead atoms. The first-order valence-electron chi connectivity index (χ1n) is 5.69. The van der Waals surface area contributed by atoms with Gasteiger partial charge in [-0.15, -0.1) is 0 Å². The van der Waals surface area contributed by atoms with Crippen LogP contribution in [0.4, 0.5) is 10.1 Å². The van der Waals surface area contributed by atoms with E-state index in [1.54, 1.807) is 6.07 Å². The minimum atomic E-state index is -0.694. The fraction of sp³-hybridized carbons (Fsp3) is 0.0714. The molecule has 0 saturated heterocycles. The quantitative estimate of drug-likeness (QED) is 0.489. The molecule has 2 rings (SSSR count). The minimum absolute atomic E-state index is 0.0766. The molecule has 0 unspecified atom stereocenters.